The van der Waals surface area contributed by atoms with Crippen LogP contribution in [-0.2, 0) is 0 Å². The lowest BCUT2D eigenvalue weighted by Crippen LogP contribution is -2.51. The fraction of sp³-hybridized carbons (Fsp3) is 0.250. The quantitative estimate of drug-likeness (QED) is 0.386. The van der Waals surface area contributed by atoms with Crippen LogP contribution in [0.2, 0.25) is 0 Å². The molecule has 2 heterocycles. The van der Waals surface area contributed by atoms with E-state index in [1.807, 2.05) is 84.6 Å². The van der Waals surface area contributed by atoms with Crippen molar-refractivity contribution in [3.63, 3.8) is 0 Å². The minimum Gasteiger partial charge on any atom is -0.337 e. The number of nitrogens with one attached hydrogen (secondary N) is 3. The minimum atomic E-state index is -0.237. The fourth-order valence-electron chi connectivity index (χ4n) is 4.61. The number of nitrogens with zero attached hydrogens (tertiary/aromatic N) is 3. The molecule has 0 spiro atoms. The van der Waals surface area contributed by atoms with Crippen molar-refractivity contribution in [2.24, 2.45) is 0 Å². The van der Waals surface area contributed by atoms with E-state index in [-0.39, 0.29) is 12.1 Å². The Kier molecular flexibility index (Phi) is 6.95. The first kappa shape index (κ1) is 23.6. The maximum atomic E-state index is 12.8. The second-order valence-corrected chi connectivity index (χ2v) is 8.99. The van der Waals surface area contributed by atoms with Crippen LogP contribution < -0.4 is 16.0 Å². The Morgan fingerprint density at radius 1 is 0.833 bits per heavy atom. The molecule has 0 unspecified atom stereocenters. The number of carbonyl (C=O) groups excluding carboxylic acids is 2. The standard InChI is InChI=1S/C28H30N6O2/c1-20-19-26(23-10-4-5-11-25(23)30-20)31-27(35)29-13-14-33-15-17-34(18-16-33)28(36)32-24-12-6-8-21-7-2-3-9-22(21)24/h2-12,19H,13-18H2,1H3,(H,32,36)(H2,29,30,31,35). The lowest BCUT2D eigenvalue weighted by Gasteiger charge is -2.34. The second kappa shape index (κ2) is 10.6. The lowest BCUT2D eigenvalue weighted by atomic mass is 10.1. The number of pyridine rings is 1. The summed E-state index contributed by atoms with van der Waals surface area (Å²) in [4.78, 5) is 33.9. The molecule has 8 heteroatoms. The molecule has 1 fully saturated rings. The number of aryl methyl sites for hydroxylation is 1. The molecular formula is C28H30N6O2. The molecule has 3 aromatic carbocycles. The van der Waals surface area contributed by atoms with Gasteiger partial charge >= 0.3 is 12.1 Å². The molecule has 3 N–H and O–H groups in total. The molecule has 1 aliphatic rings. The molecule has 0 bridgehead atoms. The smallest absolute Gasteiger partial charge is 0.321 e. The highest BCUT2D eigenvalue weighted by molar-refractivity contribution is 6.02. The molecule has 36 heavy (non-hydrogen) atoms. The molecule has 1 aromatic heterocycles. The highest BCUT2D eigenvalue weighted by Gasteiger charge is 2.21. The number of para-hydroxylation sites is 1. The summed E-state index contributed by atoms with van der Waals surface area (Å²) in [5, 5.41) is 12.0. The number of hydrogen-bond donors (Lipinski definition) is 3. The van der Waals surface area contributed by atoms with Gasteiger partial charge in [-0.25, -0.2) is 9.59 Å². The summed E-state index contributed by atoms with van der Waals surface area (Å²) < 4.78 is 0. The summed E-state index contributed by atoms with van der Waals surface area (Å²) in [5.74, 6) is 0. The number of aromatic nitrogens is 1. The third-order valence-electron chi connectivity index (χ3n) is 6.50. The molecule has 184 valence electrons. The Labute approximate surface area is 210 Å². The predicted octanol–water partition coefficient (Wildman–Crippen LogP) is 4.67. The Morgan fingerprint density at radius 2 is 1.56 bits per heavy atom. The highest BCUT2D eigenvalue weighted by atomic mass is 16.2. The number of benzene rings is 3. The third-order valence-corrected chi connectivity index (χ3v) is 6.50. The fourth-order valence-corrected chi connectivity index (χ4v) is 4.61. The van der Waals surface area contributed by atoms with Crippen molar-refractivity contribution < 1.29 is 9.59 Å². The number of urea groups is 2. The minimum absolute atomic E-state index is 0.0802. The van der Waals surface area contributed by atoms with Crippen molar-refractivity contribution in [3.8, 4) is 0 Å². The molecule has 1 aliphatic heterocycles. The zero-order valence-corrected chi connectivity index (χ0v) is 20.3. The average Bonchev–Trinajstić information content (AvgIpc) is 2.89. The Balaban J connectivity index is 1.07. The van der Waals surface area contributed by atoms with Gasteiger partial charge in [-0.1, -0.05) is 54.6 Å². The topological polar surface area (TPSA) is 89.6 Å². The van der Waals surface area contributed by atoms with E-state index < -0.39 is 0 Å². The highest BCUT2D eigenvalue weighted by Crippen LogP contribution is 2.24. The van der Waals surface area contributed by atoms with Crippen molar-refractivity contribution in [2.45, 2.75) is 6.92 Å². The number of piperazine rings is 1. The molecule has 4 aromatic rings. The Bertz CT molecular complexity index is 1390. The summed E-state index contributed by atoms with van der Waals surface area (Å²) >= 11 is 0. The lowest BCUT2D eigenvalue weighted by molar-refractivity contribution is 0.148. The van der Waals surface area contributed by atoms with Gasteiger partial charge in [0.05, 0.1) is 16.9 Å². The summed E-state index contributed by atoms with van der Waals surface area (Å²) in [6.45, 7) is 5.98. The van der Waals surface area contributed by atoms with Crippen LogP contribution in [0.15, 0.2) is 72.8 Å². The van der Waals surface area contributed by atoms with Gasteiger partial charge in [0.2, 0.25) is 0 Å². The van der Waals surface area contributed by atoms with Crippen LogP contribution in [0.4, 0.5) is 21.0 Å². The van der Waals surface area contributed by atoms with E-state index in [1.165, 1.54) is 0 Å². The Morgan fingerprint density at radius 3 is 2.39 bits per heavy atom. The van der Waals surface area contributed by atoms with Crippen molar-refractivity contribution in [2.75, 3.05) is 49.9 Å². The third kappa shape index (κ3) is 5.39. The molecule has 0 atom stereocenters. The van der Waals surface area contributed by atoms with Crippen LogP contribution in [0.1, 0.15) is 5.69 Å². The second-order valence-electron chi connectivity index (χ2n) is 8.99. The first-order valence-corrected chi connectivity index (χ1v) is 12.2. The number of amides is 4. The van der Waals surface area contributed by atoms with Gasteiger partial charge in [0.25, 0.3) is 0 Å². The Hall–Kier alpha value is -4.17. The van der Waals surface area contributed by atoms with Gasteiger partial charge in [-0.3, -0.25) is 9.88 Å². The van der Waals surface area contributed by atoms with Gasteiger partial charge in [0, 0.05) is 55.7 Å². The van der Waals surface area contributed by atoms with Crippen LogP contribution in [0.3, 0.4) is 0 Å². The van der Waals surface area contributed by atoms with E-state index in [9.17, 15) is 9.59 Å². The molecule has 8 nitrogen and oxygen atoms in total. The van der Waals surface area contributed by atoms with E-state index in [4.69, 9.17) is 0 Å². The summed E-state index contributed by atoms with van der Waals surface area (Å²) in [6, 6.07) is 23.3. The van der Waals surface area contributed by atoms with Crippen molar-refractivity contribution in [1.29, 1.82) is 0 Å². The first-order valence-electron chi connectivity index (χ1n) is 12.2. The molecule has 0 radical (unpaired) electrons. The van der Waals surface area contributed by atoms with E-state index in [0.29, 0.717) is 19.6 Å². The van der Waals surface area contributed by atoms with Crippen LogP contribution >= 0.6 is 0 Å². The van der Waals surface area contributed by atoms with Crippen LogP contribution in [0, 0.1) is 6.92 Å². The van der Waals surface area contributed by atoms with Crippen molar-refractivity contribution in [3.05, 3.63) is 78.5 Å². The number of rotatable bonds is 5. The summed E-state index contributed by atoms with van der Waals surface area (Å²) in [5.41, 5.74) is 3.29. The van der Waals surface area contributed by atoms with Gasteiger partial charge in [-0.15, -0.1) is 0 Å². The first-order chi connectivity index (χ1) is 17.6. The maximum Gasteiger partial charge on any atom is 0.321 e. The number of fused-ring (bicyclic) bond motifs is 2. The molecular weight excluding hydrogens is 452 g/mol. The van der Waals surface area contributed by atoms with Crippen LogP contribution in [0.25, 0.3) is 21.7 Å². The van der Waals surface area contributed by atoms with Gasteiger partial charge in [0.1, 0.15) is 0 Å². The van der Waals surface area contributed by atoms with Crippen molar-refractivity contribution >= 4 is 45.1 Å². The van der Waals surface area contributed by atoms with Crippen LogP contribution in [-0.4, -0.2) is 66.1 Å². The molecule has 5 rings (SSSR count). The SMILES string of the molecule is Cc1cc(NC(=O)NCCN2CCN(C(=O)Nc3cccc4ccccc34)CC2)c2ccccc2n1. The largest absolute Gasteiger partial charge is 0.337 e. The summed E-state index contributed by atoms with van der Waals surface area (Å²) in [7, 11) is 0. The van der Waals surface area contributed by atoms with Gasteiger partial charge in [-0.05, 0) is 30.5 Å². The number of carbonyl (C=O) groups is 2. The number of anilines is 2. The zero-order valence-electron chi connectivity index (χ0n) is 20.3. The number of hydrogen-bond acceptors (Lipinski definition) is 4. The van der Waals surface area contributed by atoms with Gasteiger partial charge in [0.15, 0.2) is 0 Å². The normalized spacial score (nSPS) is 14.1. The van der Waals surface area contributed by atoms with E-state index in [0.717, 1.165) is 58.4 Å². The van der Waals surface area contributed by atoms with Gasteiger partial charge < -0.3 is 20.9 Å². The predicted molar refractivity (Wildman–Crippen MR) is 144 cm³/mol. The zero-order chi connectivity index (χ0) is 24.9. The van der Waals surface area contributed by atoms with E-state index in [2.05, 4.69) is 25.8 Å². The molecule has 1 saturated heterocycles. The molecule has 0 aliphatic carbocycles. The van der Waals surface area contributed by atoms with Crippen molar-refractivity contribution in [1.82, 2.24) is 20.1 Å². The molecule has 0 saturated carbocycles. The molecule has 4 amide bonds. The van der Waals surface area contributed by atoms with Gasteiger partial charge in [-0.2, -0.15) is 0 Å². The average molecular weight is 483 g/mol. The van der Waals surface area contributed by atoms with E-state index in [1.54, 1.807) is 0 Å². The van der Waals surface area contributed by atoms with Crippen LogP contribution in [0.5, 0.6) is 0 Å². The van der Waals surface area contributed by atoms with E-state index >= 15 is 0 Å². The monoisotopic (exact) mass is 482 g/mol. The summed E-state index contributed by atoms with van der Waals surface area (Å²) in [6.07, 6.45) is 0. The maximum absolute atomic E-state index is 12.8.